The minimum absolute atomic E-state index is 0.0826. The fourth-order valence-corrected chi connectivity index (χ4v) is 4.27. The van der Waals surface area contributed by atoms with E-state index in [1.54, 1.807) is 23.1 Å². The average Bonchev–Trinajstić information content (AvgIpc) is 3.45. The lowest BCUT2D eigenvalue weighted by Gasteiger charge is -2.21. The topological polar surface area (TPSA) is 71.2 Å². The molecule has 0 spiro atoms. The molecule has 0 amide bonds. The number of ketones is 1. The molecule has 0 atom stereocenters. The number of carbonyl (C=O) groups is 1. The molecule has 4 heterocycles. The third-order valence-corrected chi connectivity index (χ3v) is 5.66. The van der Waals surface area contributed by atoms with Gasteiger partial charge in [0.2, 0.25) is 0 Å². The Bertz CT molecular complexity index is 1240. The van der Waals surface area contributed by atoms with Crippen molar-refractivity contribution in [1.29, 1.82) is 0 Å². The fourth-order valence-electron chi connectivity index (χ4n) is 3.65. The van der Waals surface area contributed by atoms with Gasteiger partial charge in [0, 0.05) is 48.3 Å². The van der Waals surface area contributed by atoms with E-state index in [0.29, 0.717) is 17.2 Å². The second-order valence-corrected chi connectivity index (χ2v) is 7.62. The summed E-state index contributed by atoms with van der Waals surface area (Å²) in [4.78, 5) is 12.2. The Balaban J connectivity index is 1.80. The van der Waals surface area contributed by atoms with E-state index in [-0.39, 0.29) is 12.4 Å². The molecule has 3 aromatic heterocycles. The lowest BCUT2D eigenvalue weighted by molar-refractivity contribution is 0.101. The molecular formula is C21H18N4O3S. The Hall–Kier alpha value is -3.39. The number of rotatable bonds is 4. The molecule has 0 saturated carbocycles. The van der Waals surface area contributed by atoms with Crippen molar-refractivity contribution in [3.05, 3.63) is 52.5 Å². The summed E-state index contributed by atoms with van der Waals surface area (Å²) in [6.45, 7) is 1.82. The summed E-state index contributed by atoms with van der Waals surface area (Å²) in [5.41, 5.74) is 5.54. The van der Waals surface area contributed by atoms with Crippen LogP contribution in [0.4, 0.5) is 0 Å². The highest BCUT2D eigenvalue weighted by atomic mass is 32.1. The maximum absolute atomic E-state index is 12.2. The summed E-state index contributed by atoms with van der Waals surface area (Å²) in [6.07, 6.45) is 1.89. The van der Waals surface area contributed by atoms with Crippen LogP contribution in [0.2, 0.25) is 0 Å². The first-order chi connectivity index (χ1) is 14.1. The van der Waals surface area contributed by atoms with Crippen molar-refractivity contribution in [2.45, 2.75) is 13.5 Å². The second kappa shape index (κ2) is 6.59. The second-order valence-electron chi connectivity index (χ2n) is 6.84. The van der Waals surface area contributed by atoms with Crippen LogP contribution < -0.4 is 9.47 Å². The van der Waals surface area contributed by atoms with Gasteiger partial charge in [0.1, 0.15) is 23.8 Å². The Kier molecular flexibility index (Phi) is 4.02. The standard InChI is InChI=1S/C21H18N4O3S/c1-12(26)20-16-10-28-19-9-18(27-3)14(17-4-6-24(2)22-17)8-15(19)21(16)25(23-20)13-5-7-29-11-13/h4-9,11H,10H2,1-3H3. The minimum Gasteiger partial charge on any atom is -0.496 e. The Morgan fingerprint density at radius 1 is 1.24 bits per heavy atom. The first-order valence-electron chi connectivity index (χ1n) is 9.07. The van der Waals surface area contributed by atoms with E-state index in [2.05, 4.69) is 10.2 Å². The van der Waals surface area contributed by atoms with Crippen LogP contribution in [0.3, 0.4) is 0 Å². The lowest BCUT2D eigenvalue weighted by Crippen LogP contribution is -2.09. The van der Waals surface area contributed by atoms with Gasteiger partial charge in [-0.05, 0) is 23.6 Å². The number of hydrogen-bond acceptors (Lipinski definition) is 6. The van der Waals surface area contributed by atoms with Crippen molar-refractivity contribution >= 4 is 17.1 Å². The molecule has 4 aromatic rings. The highest BCUT2D eigenvalue weighted by Gasteiger charge is 2.30. The van der Waals surface area contributed by atoms with Crippen molar-refractivity contribution in [3.8, 4) is 39.7 Å². The van der Waals surface area contributed by atoms with Crippen LogP contribution in [0.25, 0.3) is 28.2 Å². The van der Waals surface area contributed by atoms with Crippen LogP contribution in [-0.2, 0) is 13.7 Å². The van der Waals surface area contributed by atoms with Gasteiger partial charge in [0.25, 0.3) is 0 Å². The van der Waals surface area contributed by atoms with Crippen LogP contribution >= 0.6 is 11.3 Å². The summed E-state index contributed by atoms with van der Waals surface area (Å²) in [7, 11) is 3.51. The fraction of sp³-hybridized carbons (Fsp3) is 0.190. The molecule has 0 bridgehead atoms. The maximum atomic E-state index is 12.2. The molecule has 0 unspecified atom stereocenters. The van der Waals surface area contributed by atoms with Gasteiger partial charge in [-0.25, -0.2) is 4.68 Å². The van der Waals surface area contributed by atoms with Gasteiger partial charge in [-0.15, -0.1) is 0 Å². The van der Waals surface area contributed by atoms with Crippen molar-refractivity contribution < 1.29 is 14.3 Å². The van der Waals surface area contributed by atoms with Crippen LogP contribution in [-0.4, -0.2) is 32.5 Å². The highest BCUT2D eigenvalue weighted by Crippen LogP contribution is 2.45. The molecule has 1 aromatic carbocycles. The molecule has 0 aliphatic carbocycles. The number of methoxy groups -OCH3 is 1. The zero-order valence-corrected chi connectivity index (χ0v) is 17.0. The van der Waals surface area contributed by atoms with Crippen molar-refractivity contribution in [2.75, 3.05) is 7.11 Å². The van der Waals surface area contributed by atoms with E-state index >= 15 is 0 Å². The zero-order valence-electron chi connectivity index (χ0n) is 16.2. The Morgan fingerprint density at radius 2 is 2.10 bits per heavy atom. The number of hydrogen-bond donors (Lipinski definition) is 0. The van der Waals surface area contributed by atoms with Gasteiger partial charge in [-0.3, -0.25) is 9.48 Å². The maximum Gasteiger partial charge on any atom is 0.180 e. The molecular weight excluding hydrogens is 388 g/mol. The van der Waals surface area contributed by atoms with E-state index < -0.39 is 0 Å². The predicted octanol–water partition coefficient (Wildman–Crippen LogP) is 4.10. The molecule has 0 saturated heterocycles. The number of thiophene rings is 1. The molecule has 1 aliphatic rings. The number of benzene rings is 1. The van der Waals surface area contributed by atoms with E-state index in [1.165, 1.54) is 6.92 Å². The molecule has 29 heavy (non-hydrogen) atoms. The molecule has 8 heteroatoms. The summed E-state index contributed by atoms with van der Waals surface area (Å²) in [5.74, 6) is 1.29. The number of carbonyl (C=O) groups excluding carboxylic acids is 1. The molecule has 0 radical (unpaired) electrons. The van der Waals surface area contributed by atoms with Gasteiger partial charge >= 0.3 is 0 Å². The first-order valence-corrected chi connectivity index (χ1v) is 10.0. The van der Waals surface area contributed by atoms with Crippen molar-refractivity contribution in [1.82, 2.24) is 19.6 Å². The van der Waals surface area contributed by atoms with Crippen LogP contribution in [0.5, 0.6) is 11.5 Å². The van der Waals surface area contributed by atoms with Gasteiger partial charge in [0.05, 0.1) is 24.2 Å². The number of Topliss-reactive ketones (excluding diaryl/α,β-unsaturated/α-hetero) is 1. The van der Waals surface area contributed by atoms with Gasteiger partial charge in [0.15, 0.2) is 5.78 Å². The molecule has 0 N–H and O–H groups in total. The lowest BCUT2D eigenvalue weighted by atomic mass is 9.97. The third kappa shape index (κ3) is 2.75. The molecule has 0 fully saturated rings. The zero-order chi connectivity index (χ0) is 20.1. The van der Waals surface area contributed by atoms with E-state index in [0.717, 1.165) is 33.8 Å². The summed E-state index contributed by atoms with van der Waals surface area (Å²) in [6, 6.07) is 7.80. The molecule has 146 valence electrons. The minimum atomic E-state index is -0.0826. The predicted molar refractivity (Wildman–Crippen MR) is 110 cm³/mol. The van der Waals surface area contributed by atoms with Crippen molar-refractivity contribution in [2.24, 2.45) is 7.05 Å². The van der Waals surface area contributed by atoms with Gasteiger partial charge in [-0.2, -0.15) is 21.5 Å². The Morgan fingerprint density at radius 3 is 2.76 bits per heavy atom. The third-order valence-electron chi connectivity index (χ3n) is 4.99. The van der Waals surface area contributed by atoms with Crippen molar-refractivity contribution in [3.63, 3.8) is 0 Å². The van der Waals surface area contributed by atoms with E-state index in [9.17, 15) is 4.79 Å². The smallest absolute Gasteiger partial charge is 0.180 e. The summed E-state index contributed by atoms with van der Waals surface area (Å²) >= 11 is 1.58. The average molecular weight is 406 g/mol. The first kappa shape index (κ1) is 17.7. The molecule has 1 aliphatic heterocycles. The van der Waals surface area contributed by atoms with E-state index in [4.69, 9.17) is 9.47 Å². The van der Waals surface area contributed by atoms with Crippen LogP contribution in [0.15, 0.2) is 41.2 Å². The monoisotopic (exact) mass is 406 g/mol. The highest BCUT2D eigenvalue weighted by molar-refractivity contribution is 7.08. The molecule has 7 nitrogen and oxygen atoms in total. The van der Waals surface area contributed by atoms with E-state index in [1.807, 2.05) is 53.0 Å². The SMILES string of the molecule is COc1cc2c(cc1-c1ccn(C)n1)-c1c(c(C(C)=O)nn1-c1ccsc1)CO2. The van der Waals surface area contributed by atoms with Crippen LogP contribution in [0, 0.1) is 0 Å². The van der Waals surface area contributed by atoms with Gasteiger partial charge < -0.3 is 9.47 Å². The quantitative estimate of drug-likeness (QED) is 0.477. The Labute approximate surface area is 171 Å². The number of fused-ring (bicyclic) bond motifs is 3. The normalized spacial score (nSPS) is 12.2. The summed E-state index contributed by atoms with van der Waals surface area (Å²) in [5, 5.41) is 13.1. The largest absolute Gasteiger partial charge is 0.496 e. The number of ether oxygens (including phenoxy) is 2. The number of aryl methyl sites for hydroxylation is 1. The number of aromatic nitrogens is 4. The number of nitrogens with zero attached hydrogens (tertiary/aromatic N) is 4. The van der Waals surface area contributed by atoms with Crippen LogP contribution in [0.1, 0.15) is 23.0 Å². The van der Waals surface area contributed by atoms with Gasteiger partial charge in [-0.1, -0.05) is 0 Å². The summed E-state index contributed by atoms with van der Waals surface area (Å²) < 4.78 is 15.2. The molecule has 5 rings (SSSR count).